The van der Waals surface area contributed by atoms with Crippen molar-refractivity contribution in [2.45, 2.75) is 44.1 Å². The monoisotopic (exact) mass is 344 g/mol. The average molecular weight is 344 g/mol. The number of thioether (sulfide) groups is 1. The molecule has 1 aliphatic rings. The molecule has 1 atom stereocenters. The van der Waals surface area contributed by atoms with Crippen molar-refractivity contribution in [1.29, 1.82) is 0 Å². The van der Waals surface area contributed by atoms with Gasteiger partial charge in [-0.15, -0.1) is 11.8 Å². The smallest absolute Gasteiger partial charge is 0.230 e. The molecule has 3 rings (SSSR count). The molecule has 5 heteroatoms. The summed E-state index contributed by atoms with van der Waals surface area (Å²) in [5.41, 5.74) is 1.98. The van der Waals surface area contributed by atoms with Gasteiger partial charge in [-0.1, -0.05) is 32.0 Å². The predicted molar refractivity (Wildman–Crippen MR) is 99.0 cm³/mol. The fourth-order valence-electron chi connectivity index (χ4n) is 3.09. The summed E-state index contributed by atoms with van der Waals surface area (Å²) in [4.78, 5) is 16.8. The third kappa shape index (κ3) is 4.08. The third-order valence-corrected chi connectivity index (χ3v) is 5.55. The second-order valence-corrected chi connectivity index (χ2v) is 8.32. The number of aliphatic hydroxyl groups is 1. The molecule has 1 heterocycles. The highest BCUT2D eigenvalue weighted by atomic mass is 32.2. The van der Waals surface area contributed by atoms with Gasteiger partial charge in [0.15, 0.2) is 0 Å². The van der Waals surface area contributed by atoms with Crippen LogP contribution in [0.5, 0.6) is 0 Å². The predicted octanol–water partition coefficient (Wildman–Crippen LogP) is 3.30. The summed E-state index contributed by atoms with van der Waals surface area (Å²) in [6, 6.07) is 10.0. The lowest BCUT2D eigenvalue weighted by Crippen LogP contribution is -2.42. The first-order valence-corrected chi connectivity index (χ1v) is 9.51. The SMILES string of the molecule is CC(C)SCC(=O)NC(c1cnc2ccccc2c1)C1CC(O)C1. The van der Waals surface area contributed by atoms with Crippen LogP contribution in [0.1, 0.15) is 38.3 Å². The molecular formula is C19H24N2O2S. The molecule has 1 aliphatic carbocycles. The molecule has 24 heavy (non-hydrogen) atoms. The maximum Gasteiger partial charge on any atom is 0.230 e. The Balaban J connectivity index is 1.79. The maximum absolute atomic E-state index is 12.3. The van der Waals surface area contributed by atoms with Gasteiger partial charge >= 0.3 is 0 Å². The number of aromatic nitrogens is 1. The Morgan fingerprint density at radius 3 is 2.83 bits per heavy atom. The first-order valence-electron chi connectivity index (χ1n) is 8.46. The summed E-state index contributed by atoms with van der Waals surface area (Å²) in [6.45, 7) is 4.18. The van der Waals surface area contributed by atoms with Crippen molar-refractivity contribution >= 4 is 28.6 Å². The van der Waals surface area contributed by atoms with Gasteiger partial charge in [0.25, 0.3) is 0 Å². The lowest BCUT2D eigenvalue weighted by Gasteiger charge is -2.38. The summed E-state index contributed by atoms with van der Waals surface area (Å²) in [5, 5.41) is 14.3. The average Bonchev–Trinajstić information content (AvgIpc) is 2.55. The van der Waals surface area contributed by atoms with E-state index in [-0.39, 0.29) is 24.0 Å². The molecule has 1 aromatic heterocycles. The summed E-state index contributed by atoms with van der Waals surface area (Å²) >= 11 is 1.64. The molecule has 1 fully saturated rings. The number of pyridine rings is 1. The van der Waals surface area contributed by atoms with E-state index in [2.05, 4.69) is 30.2 Å². The highest BCUT2D eigenvalue weighted by Crippen LogP contribution is 2.38. The Bertz CT molecular complexity index is 713. The second-order valence-electron chi connectivity index (χ2n) is 6.75. The fraction of sp³-hybridized carbons (Fsp3) is 0.474. The molecule has 1 amide bonds. The van der Waals surface area contributed by atoms with E-state index >= 15 is 0 Å². The van der Waals surface area contributed by atoms with E-state index in [4.69, 9.17) is 0 Å². The first kappa shape index (κ1) is 17.2. The number of fused-ring (bicyclic) bond motifs is 1. The van der Waals surface area contributed by atoms with Crippen LogP contribution in [0.3, 0.4) is 0 Å². The van der Waals surface area contributed by atoms with Gasteiger partial charge in [-0.05, 0) is 41.7 Å². The normalized spacial score (nSPS) is 21.5. The Morgan fingerprint density at radius 2 is 2.12 bits per heavy atom. The number of hydrogen-bond acceptors (Lipinski definition) is 4. The zero-order valence-electron chi connectivity index (χ0n) is 14.1. The van der Waals surface area contributed by atoms with Gasteiger partial charge in [0.1, 0.15) is 0 Å². The number of para-hydroxylation sites is 1. The highest BCUT2D eigenvalue weighted by Gasteiger charge is 2.35. The second kappa shape index (κ2) is 7.53. The van der Waals surface area contributed by atoms with Gasteiger partial charge < -0.3 is 10.4 Å². The van der Waals surface area contributed by atoms with Crippen LogP contribution in [0.25, 0.3) is 10.9 Å². The molecule has 1 saturated carbocycles. The van der Waals surface area contributed by atoms with Gasteiger partial charge in [0, 0.05) is 11.6 Å². The number of carbonyl (C=O) groups is 1. The van der Waals surface area contributed by atoms with E-state index < -0.39 is 0 Å². The summed E-state index contributed by atoms with van der Waals surface area (Å²) in [7, 11) is 0. The number of hydrogen-bond donors (Lipinski definition) is 2. The van der Waals surface area contributed by atoms with Crippen LogP contribution in [0.4, 0.5) is 0 Å². The molecular weight excluding hydrogens is 320 g/mol. The minimum absolute atomic E-state index is 0.0493. The number of nitrogens with zero attached hydrogens (tertiary/aromatic N) is 1. The molecule has 0 bridgehead atoms. The van der Waals surface area contributed by atoms with E-state index in [9.17, 15) is 9.90 Å². The Kier molecular flexibility index (Phi) is 5.41. The van der Waals surface area contributed by atoms with Crippen LogP contribution in [0, 0.1) is 5.92 Å². The van der Waals surface area contributed by atoms with Gasteiger partial charge in [-0.25, -0.2) is 0 Å². The maximum atomic E-state index is 12.3. The number of nitrogens with one attached hydrogen (secondary N) is 1. The zero-order chi connectivity index (χ0) is 17.1. The Morgan fingerprint density at radius 1 is 1.38 bits per heavy atom. The van der Waals surface area contributed by atoms with Crippen molar-refractivity contribution in [3.05, 3.63) is 42.1 Å². The molecule has 2 aromatic rings. The van der Waals surface area contributed by atoms with E-state index in [1.807, 2.05) is 30.5 Å². The Hall–Kier alpha value is -1.59. The van der Waals surface area contributed by atoms with Gasteiger partial charge in [-0.3, -0.25) is 9.78 Å². The van der Waals surface area contributed by atoms with Crippen molar-refractivity contribution in [2.75, 3.05) is 5.75 Å². The summed E-state index contributed by atoms with van der Waals surface area (Å²) in [5.74, 6) is 0.786. The fourth-order valence-corrected chi connectivity index (χ4v) is 3.66. The van der Waals surface area contributed by atoms with Crippen molar-refractivity contribution < 1.29 is 9.90 Å². The third-order valence-electron chi connectivity index (χ3n) is 4.46. The summed E-state index contributed by atoms with van der Waals surface area (Å²) in [6.07, 6.45) is 3.07. The Labute approximate surface area is 147 Å². The number of rotatable bonds is 6. The van der Waals surface area contributed by atoms with E-state index in [1.54, 1.807) is 11.8 Å². The van der Waals surface area contributed by atoms with Gasteiger partial charge in [0.05, 0.1) is 23.4 Å². The van der Waals surface area contributed by atoms with Crippen LogP contribution in [-0.4, -0.2) is 33.1 Å². The van der Waals surface area contributed by atoms with Crippen LogP contribution < -0.4 is 5.32 Å². The van der Waals surface area contributed by atoms with Crippen LogP contribution in [-0.2, 0) is 4.79 Å². The molecule has 0 saturated heterocycles. The van der Waals surface area contributed by atoms with Crippen molar-refractivity contribution in [2.24, 2.45) is 5.92 Å². The number of amides is 1. The number of aliphatic hydroxyl groups excluding tert-OH is 1. The quantitative estimate of drug-likeness (QED) is 0.844. The van der Waals surface area contributed by atoms with Crippen molar-refractivity contribution in [1.82, 2.24) is 10.3 Å². The van der Waals surface area contributed by atoms with E-state index in [1.165, 1.54) is 0 Å². The van der Waals surface area contributed by atoms with E-state index in [0.717, 1.165) is 29.3 Å². The van der Waals surface area contributed by atoms with Crippen molar-refractivity contribution in [3.63, 3.8) is 0 Å². The van der Waals surface area contributed by atoms with Crippen molar-refractivity contribution in [3.8, 4) is 0 Å². The standard InChI is InChI=1S/C19H24N2O2S/c1-12(2)24-11-18(23)21-19(14-8-16(22)9-14)15-7-13-5-3-4-6-17(13)20-10-15/h3-7,10,12,14,16,19,22H,8-9,11H2,1-2H3,(H,21,23). The summed E-state index contributed by atoms with van der Waals surface area (Å²) < 4.78 is 0. The highest BCUT2D eigenvalue weighted by molar-refractivity contribution is 8.00. The molecule has 0 spiro atoms. The molecule has 1 unspecified atom stereocenters. The van der Waals surface area contributed by atoms with Gasteiger partial charge in [-0.2, -0.15) is 0 Å². The van der Waals surface area contributed by atoms with Crippen LogP contribution in [0.15, 0.2) is 36.5 Å². The zero-order valence-corrected chi connectivity index (χ0v) is 14.9. The molecule has 0 aliphatic heterocycles. The van der Waals surface area contributed by atoms with E-state index in [0.29, 0.717) is 11.0 Å². The lowest BCUT2D eigenvalue weighted by molar-refractivity contribution is -0.120. The minimum Gasteiger partial charge on any atom is -0.393 e. The number of benzene rings is 1. The molecule has 128 valence electrons. The molecule has 1 aromatic carbocycles. The number of carbonyl (C=O) groups excluding carboxylic acids is 1. The lowest BCUT2D eigenvalue weighted by atomic mass is 9.75. The van der Waals surface area contributed by atoms with Crippen LogP contribution >= 0.6 is 11.8 Å². The molecule has 2 N–H and O–H groups in total. The van der Waals surface area contributed by atoms with Crippen LogP contribution in [0.2, 0.25) is 0 Å². The molecule has 4 nitrogen and oxygen atoms in total. The first-order chi connectivity index (χ1) is 11.5. The molecule has 0 radical (unpaired) electrons. The topological polar surface area (TPSA) is 62.2 Å². The minimum atomic E-state index is -0.243. The largest absolute Gasteiger partial charge is 0.393 e. The van der Waals surface area contributed by atoms with Gasteiger partial charge in [0.2, 0.25) is 5.91 Å².